The Labute approximate surface area is 109 Å². The Morgan fingerprint density at radius 1 is 1.65 bits per heavy atom. The number of carbonyl (C=O) groups is 1. The normalized spacial score (nSPS) is 15.5. The van der Waals surface area contributed by atoms with Gasteiger partial charge >= 0.3 is 5.97 Å². The van der Waals surface area contributed by atoms with Crippen molar-refractivity contribution in [2.45, 2.75) is 32.4 Å². The number of aromatic nitrogens is 1. The van der Waals surface area contributed by atoms with Crippen LogP contribution in [0.5, 0.6) is 0 Å². The van der Waals surface area contributed by atoms with Crippen LogP contribution in [0.2, 0.25) is 0 Å². The number of likely N-dealkylation sites (N-methyl/N-ethyl adjacent to an activating group) is 1. The van der Waals surface area contributed by atoms with Crippen molar-refractivity contribution < 1.29 is 9.90 Å². The number of nitrogens with zero attached hydrogens (tertiary/aromatic N) is 2. The standard InChI is InChI=1S/C12H17BrN2O2/c1-2-14(10-3-4-10)5-6-15-8-9(13)7-11(15)12(16)17/h7-8,10H,2-6H2,1H3,(H,16,17). The smallest absolute Gasteiger partial charge is 0.352 e. The molecule has 17 heavy (non-hydrogen) atoms. The zero-order valence-electron chi connectivity index (χ0n) is 9.90. The van der Waals surface area contributed by atoms with Crippen molar-refractivity contribution in [1.29, 1.82) is 0 Å². The van der Waals surface area contributed by atoms with Gasteiger partial charge in [0.1, 0.15) is 5.69 Å². The van der Waals surface area contributed by atoms with E-state index in [0.29, 0.717) is 5.69 Å². The number of hydrogen-bond acceptors (Lipinski definition) is 2. The first kappa shape index (κ1) is 12.6. The summed E-state index contributed by atoms with van der Waals surface area (Å²) in [6.07, 6.45) is 4.41. The molecule has 0 saturated heterocycles. The van der Waals surface area contributed by atoms with Crippen LogP contribution in [0.25, 0.3) is 0 Å². The molecule has 0 amide bonds. The molecule has 2 rings (SSSR count). The quantitative estimate of drug-likeness (QED) is 0.878. The SMILES string of the molecule is CCN(CCn1cc(Br)cc1C(=O)O)C1CC1. The van der Waals surface area contributed by atoms with Gasteiger partial charge in [-0.2, -0.15) is 0 Å². The first-order valence-corrected chi connectivity index (χ1v) is 6.74. The fraction of sp³-hybridized carbons (Fsp3) is 0.583. The van der Waals surface area contributed by atoms with Gasteiger partial charge in [-0.05, 0) is 41.4 Å². The molecule has 1 fully saturated rings. The molecule has 0 spiro atoms. The largest absolute Gasteiger partial charge is 0.477 e. The maximum Gasteiger partial charge on any atom is 0.352 e. The number of carboxylic acid groups (broad SMARTS) is 1. The fourth-order valence-electron chi connectivity index (χ4n) is 2.11. The zero-order valence-corrected chi connectivity index (χ0v) is 11.5. The van der Waals surface area contributed by atoms with E-state index in [9.17, 15) is 4.79 Å². The van der Waals surface area contributed by atoms with E-state index in [1.165, 1.54) is 12.8 Å². The minimum absolute atomic E-state index is 0.351. The summed E-state index contributed by atoms with van der Waals surface area (Å²) in [6.45, 7) is 4.84. The molecule has 1 aromatic rings. The molecule has 0 bridgehead atoms. The van der Waals surface area contributed by atoms with Crippen molar-refractivity contribution in [3.05, 3.63) is 22.4 Å². The Balaban J connectivity index is 1.99. The molecule has 94 valence electrons. The molecule has 0 aromatic carbocycles. The van der Waals surface area contributed by atoms with Crippen LogP contribution in [0.15, 0.2) is 16.7 Å². The van der Waals surface area contributed by atoms with Gasteiger partial charge in [-0.15, -0.1) is 0 Å². The van der Waals surface area contributed by atoms with Gasteiger partial charge in [0.05, 0.1) is 0 Å². The first-order valence-electron chi connectivity index (χ1n) is 5.95. The van der Waals surface area contributed by atoms with Gasteiger partial charge in [0.25, 0.3) is 0 Å². The Kier molecular flexibility index (Phi) is 3.89. The highest BCUT2D eigenvalue weighted by atomic mass is 79.9. The molecular weight excluding hydrogens is 284 g/mol. The first-order chi connectivity index (χ1) is 8.11. The van der Waals surface area contributed by atoms with Crippen LogP contribution in [-0.2, 0) is 6.54 Å². The lowest BCUT2D eigenvalue weighted by Gasteiger charge is -2.20. The predicted octanol–water partition coefficient (Wildman–Crippen LogP) is 2.43. The fourth-order valence-corrected chi connectivity index (χ4v) is 2.58. The highest BCUT2D eigenvalue weighted by Gasteiger charge is 2.27. The topological polar surface area (TPSA) is 45.5 Å². The minimum Gasteiger partial charge on any atom is -0.477 e. The van der Waals surface area contributed by atoms with E-state index in [4.69, 9.17) is 5.11 Å². The predicted molar refractivity (Wildman–Crippen MR) is 69.4 cm³/mol. The summed E-state index contributed by atoms with van der Waals surface area (Å²) in [5.41, 5.74) is 0.351. The van der Waals surface area contributed by atoms with Gasteiger partial charge in [0.15, 0.2) is 0 Å². The lowest BCUT2D eigenvalue weighted by atomic mass is 10.4. The lowest BCUT2D eigenvalue weighted by Crippen LogP contribution is -2.29. The molecule has 0 radical (unpaired) electrons. The third-order valence-electron chi connectivity index (χ3n) is 3.18. The average Bonchev–Trinajstić information content (AvgIpc) is 3.03. The Hall–Kier alpha value is -0.810. The maximum atomic E-state index is 11.0. The van der Waals surface area contributed by atoms with E-state index in [0.717, 1.165) is 30.1 Å². The van der Waals surface area contributed by atoms with Crippen molar-refractivity contribution >= 4 is 21.9 Å². The van der Waals surface area contributed by atoms with Gasteiger partial charge in [0.2, 0.25) is 0 Å². The van der Waals surface area contributed by atoms with Crippen LogP contribution in [0.3, 0.4) is 0 Å². The second-order valence-corrected chi connectivity index (χ2v) is 5.32. The Morgan fingerprint density at radius 3 is 2.88 bits per heavy atom. The van der Waals surface area contributed by atoms with Crippen LogP contribution in [0.4, 0.5) is 0 Å². The molecule has 5 heteroatoms. The molecular formula is C12H17BrN2O2. The van der Waals surface area contributed by atoms with Crippen LogP contribution in [-0.4, -0.2) is 39.7 Å². The highest BCUT2D eigenvalue weighted by molar-refractivity contribution is 9.10. The van der Waals surface area contributed by atoms with E-state index < -0.39 is 5.97 Å². The molecule has 4 nitrogen and oxygen atoms in total. The molecule has 0 atom stereocenters. The monoisotopic (exact) mass is 300 g/mol. The van der Waals surface area contributed by atoms with Crippen LogP contribution >= 0.6 is 15.9 Å². The summed E-state index contributed by atoms with van der Waals surface area (Å²) >= 11 is 3.32. The van der Waals surface area contributed by atoms with Crippen molar-refractivity contribution in [1.82, 2.24) is 9.47 Å². The number of carboxylic acids is 1. The summed E-state index contributed by atoms with van der Waals surface area (Å²) in [5.74, 6) is -0.870. The number of rotatable bonds is 6. The van der Waals surface area contributed by atoms with Gasteiger partial charge in [-0.25, -0.2) is 4.79 Å². The van der Waals surface area contributed by atoms with Crippen LogP contribution in [0.1, 0.15) is 30.3 Å². The molecule has 1 aliphatic rings. The summed E-state index contributed by atoms with van der Waals surface area (Å²) in [6, 6.07) is 2.38. The van der Waals surface area contributed by atoms with Crippen LogP contribution < -0.4 is 0 Å². The molecule has 1 heterocycles. The molecule has 0 unspecified atom stereocenters. The Morgan fingerprint density at radius 2 is 2.35 bits per heavy atom. The number of hydrogen-bond donors (Lipinski definition) is 1. The van der Waals surface area contributed by atoms with Crippen molar-refractivity contribution in [2.75, 3.05) is 13.1 Å². The third kappa shape index (κ3) is 3.10. The minimum atomic E-state index is -0.870. The molecule has 1 aliphatic carbocycles. The molecule has 1 saturated carbocycles. The molecule has 1 aromatic heterocycles. The molecule has 1 N–H and O–H groups in total. The summed E-state index contributed by atoms with van der Waals surface area (Å²) in [7, 11) is 0. The number of aromatic carboxylic acids is 1. The van der Waals surface area contributed by atoms with Crippen LogP contribution in [0, 0.1) is 0 Å². The van der Waals surface area contributed by atoms with E-state index in [2.05, 4.69) is 27.8 Å². The van der Waals surface area contributed by atoms with E-state index in [1.54, 1.807) is 10.6 Å². The number of halogens is 1. The summed E-state index contributed by atoms with van der Waals surface area (Å²) in [4.78, 5) is 13.5. The van der Waals surface area contributed by atoms with Gasteiger partial charge in [0, 0.05) is 29.8 Å². The summed E-state index contributed by atoms with van der Waals surface area (Å²) in [5, 5.41) is 9.07. The maximum absolute atomic E-state index is 11.0. The van der Waals surface area contributed by atoms with Gasteiger partial charge in [-0.1, -0.05) is 6.92 Å². The van der Waals surface area contributed by atoms with E-state index >= 15 is 0 Å². The zero-order chi connectivity index (χ0) is 12.4. The third-order valence-corrected chi connectivity index (χ3v) is 3.61. The highest BCUT2D eigenvalue weighted by Crippen LogP contribution is 2.26. The van der Waals surface area contributed by atoms with E-state index in [1.807, 2.05) is 6.20 Å². The van der Waals surface area contributed by atoms with Crippen molar-refractivity contribution in [3.63, 3.8) is 0 Å². The second kappa shape index (κ2) is 5.23. The van der Waals surface area contributed by atoms with E-state index in [-0.39, 0.29) is 0 Å². The van der Waals surface area contributed by atoms with Crippen molar-refractivity contribution in [3.8, 4) is 0 Å². The lowest BCUT2D eigenvalue weighted by molar-refractivity contribution is 0.0684. The Bertz CT molecular complexity index is 413. The van der Waals surface area contributed by atoms with Gasteiger partial charge in [-0.3, -0.25) is 4.90 Å². The van der Waals surface area contributed by atoms with Gasteiger partial charge < -0.3 is 9.67 Å². The van der Waals surface area contributed by atoms with Crippen molar-refractivity contribution in [2.24, 2.45) is 0 Å². The molecule has 0 aliphatic heterocycles. The average molecular weight is 301 g/mol. The second-order valence-electron chi connectivity index (χ2n) is 4.40. The summed E-state index contributed by atoms with van der Waals surface area (Å²) < 4.78 is 2.63.